The molecule has 0 radical (unpaired) electrons. The molecule has 0 fully saturated rings. The largest absolute Gasteiger partial charge is 0.480 e. The molecule has 0 aliphatic heterocycles. The van der Waals surface area contributed by atoms with E-state index >= 15 is 0 Å². The first-order valence-corrected chi connectivity index (χ1v) is 7.35. The number of benzene rings is 1. The quantitative estimate of drug-likeness (QED) is 0.797. The summed E-state index contributed by atoms with van der Waals surface area (Å²) >= 11 is 0. The Morgan fingerprint density at radius 2 is 2.19 bits per heavy atom. The fraction of sp³-hybridized carbons (Fsp3) is 0.308. The Morgan fingerprint density at radius 1 is 1.52 bits per heavy atom. The summed E-state index contributed by atoms with van der Waals surface area (Å²) in [6.45, 7) is 1.15. The van der Waals surface area contributed by atoms with Gasteiger partial charge in [-0.1, -0.05) is 6.07 Å². The van der Waals surface area contributed by atoms with Crippen LogP contribution in [0.25, 0.3) is 0 Å². The molecule has 0 bridgehead atoms. The van der Waals surface area contributed by atoms with Crippen LogP contribution in [0, 0.1) is 17.1 Å². The lowest BCUT2D eigenvalue weighted by Crippen LogP contribution is -2.43. The summed E-state index contributed by atoms with van der Waals surface area (Å²) in [7, 11) is -1.68. The van der Waals surface area contributed by atoms with Crippen molar-refractivity contribution in [1.82, 2.24) is 5.32 Å². The maximum atomic E-state index is 13.6. The summed E-state index contributed by atoms with van der Waals surface area (Å²) in [5.74, 6) is -3.05. The second kappa shape index (κ2) is 7.50. The zero-order valence-corrected chi connectivity index (χ0v) is 11.9. The molecule has 0 aliphatic rings. The average Bonchev–Trinajstić information content (AvgIpc) is 2.39. The van der Waals surface area contributed by atoms with E-state index in [1.54, 1.807) is 6.07 Å². The van der Waals surface area contributed by atoms with Gasteiger partial charge in [0.05, 0.1) is 23.1 Å². The van der Waals surface area contributed by atoms with Crippen LogP contribution in [0.1, 0.15) is 18.1 Å². The van der Waals surface area contributed by atoms with E-state index in [2.05, 4.69) is 5.32 Å². The molecule has 2 atom stereocenters. The van der Waals surface area contributed by atoms with Gasteiger partial charge in [0.15, 0.2) is 0 Å². The summed E-state index contributed by atoms with van der Waals surface area (Å²) < 4.78 is 25.5. The molecule has 1 unspecified atom stereocenters. The van der Waals surface area contributed by atoms with Crippen LogP contribution in [-0.4, -0.2) is 33.0 Å². The molecule has 1 aromatic carbocycles. The molecule has 1 amide bonds. The molecule has 6 nitrogen and oxygen atoms in total. The lowest BCUT2D eigenvalue weighted by Gasteiger charge is -2.13. The van der Waals surface area contributed by atoms with Crippen molar-refractivity contribution >= 4 is 22.7 Å². The number of rotatable bonds is 6. The minimum Gasteiger partial charge on any atom is -0.480 e. The molecular formula is C13H13FN2O4S. The van der Waals surface area contributed by atoms with Crippen LogP contribution in [0.2, 0.25) is 0 Å². The van der Waals surface area contributed by atoms with Crippen molar-refractivity contribution in [2.45, 2.75) is 18.7 Å². The number of carbonyl (C=O) groups excluding carboxylic acids is 1. The van der Waals surface area contributed by atoms with E-state index in [-0.39, 0.29) is 22.6 Å². The van der Waals surface area contributed by atoms with Crippen LogP contribution in [0.4, 0.5) is 4.39 Å². The van der Waals surface area contributed by atoms with Crippen molar-refractivity contribution in [2.24, 2.45) is 0 Å². The standard InChI is InChI=1S/C13H13FN2O4S/c1-8(17)16-12(13(18)19)7-21(20)6-10-3-2-9(5-15)4-11(10)14/h2-4,12H,6-7H2,1H3,(H,16,17)(H,18,19)/t12-,21?/m0/s1. The van der Waals surface area contributed by atoms with Crippen molar-refractivity contribution in [2.75, 3.05) is 5.75 Å². The van der Waals surface area contributed by atoms with Gasteiger partial charge >= 0.3 is 5.97 Å². The summed E-state index contributed by atoms with van der Waals surface area (Å²) in [6.07, 6.45) is 0. The highest BCUT2D eigenvalue weighted by molar-refractivity contribution is 7.84. The number of nitriles is 1. The predicted molar refractivity (Wildman–Crippen MR) is 73.1 cm³/mol. The molecule has 0 saturated carbocycles. The van der Waals surface area contributed by atoms with E-state index in [0.29, 0.717) is 0 Å². The highest BCUT2D eigenvalue weighted by atomic mass is 32.2. The Labute approximate surface area is 123 Å². The smallest absolute Gasteiger partial charge is 0.327 e. The topological polar surface area (TPSA) is 107 Å². The molecule has 0 heterocycles. The fourth-order valence-electron chi connectivity index (χ4n) is 1.57. The van der Waals surface area contributed by atoms with E-state index in [0.717, 1.165) is 13.0 Å². The Balaban J connectivity index is 2.75. The van der Waals surface area contributed by atoms with Crippen LogP contribution in [0.15, 0.2) is 18.2 Å². The van der Waals surface area contributed by atoms with Gasteiger partial charge in [-0.25, -0.2) is 9.18 Å². The van der Waals surface area contributed by atoms with Crippen LogP contribution in [0.5, 0.6) is 0 Å². The molecule has 0 aromatic heterocycles. The lowest BCUT2D eigenvalue weighted by atomic mass is 10.1. The Hall–Kier alpha value is -2.27. The van der Waals surface area contributed by atoms with Gasteiger partial charge in [0, 0.05) is 23.3 Å². The third kappa shape index (κ3) is 5.31. The fourth-order valence-corrected chi connectivity index (χ4v) is 2.87. The molecule has 21 heavy (non-hydrogen) atoms. The normalized spacial score (nSPS) is 13.0. The monoisotopic (exact) mass is 312 g/mol. The molecule has 112 valence electrons. The van der Waals surface area contributed by atoms with Crippen molar-refractivity contribution in [3.63, 3.8) is 0 Å². The van der Waals surface area contributed by atoms with E-state index in [9.17, 15) is 18.2 Å². The number of hydrogen-bond donors (Lipinski definition) is 2. The van der Waals surface area contributed by atoms with Gasteiger partial charge in [0.25, 0.3) is 0 Å². The van der Waals surface area contributed by atoms with Crippen molar-refractivity contribution < 1.29 is 23.3 Å². The number of aliphatic carboxylic acids is 1. The van der Waals surface area contributed by atoms with Gasteiger partial charge in [-0.15, -0.1) is 0 Å². The highest BCUT2D eigenvalue weighted by Crippen LogP contribution is 2.12. The molecule has 0 saturated heterocycles. The average molecular weight is 312 g/mol. The number of carbonyl (C=O) groups is 2. The molecule has 0 aliphatic carbocycles. The first-order chi connectivity index (χ1) is 9.83. The minimum atomic E-state index is -1.68. The number of halogens is 1. The number of amides is 1. The second-order valence-corrected chi connectivity index (χ2v) is 5.76. The molecule has 2 N–H and O–H groups in total. The SMILES string of the molecule is CC(=O)N[C@@H](CS(=O)Cc1ccc(C#N)cc1F)C(=O)O. The zero-order chi connectivity index (χ0) is 16.0. The Bertz CT molecular complexity index is 627. The summed E-state index contributed by atoms with van der Waals surface area (Å²) in [6, 6.07) is 4.23. The predicted octanol–water partition coefficient (Wildman–Crippen LogP) is 0.535. The number of hydrogen-bond acceptors (Lipinski definition) is 4. The first-order valence-electron chi connectivity index (χ1n) is 5.87. The van der Waals surface area contributed by atoms with Gasteiger partial charge in [-0.3, -0.25) is 9.00 Å². The van der Waals surface area contributed by atoms with E-state index in [1.165, 1.54) is 12.1 Å². The van der Waals surface area contributed by atoms with E-state index in [4.69, 9.17) is 10.4 Å². The van der Waals surface area contributed by atoms with Crippen LogP contribution < -0.4 is 5.32 Å². The molecule has 8 heteroatoms. The molecule has 1 rings (SSSR count). The van der Waals surface area contributed by atoms with Gasteiger partial charge in [-0.2, -0.15) is 5.26 Å². The third-order valence-corrected chi connectivity index (χ3v) is 3.86. The van der Waals surface area contributed by atoms with E-state index < -0.39 is 34.5 Å². The molecule has 0 spiro atoms. The van der Waals surface area contributed by atoms with Gasteiger partial charge in [0.2, 0.25) is 5.91 Å². The zero-order valence-electron chi connectivity index (χ0n) is 11.1. The number of nitrogens with zero attached hydrogens (tertiary/aromatic N) is 1. The lowest BCUT2D eigenvalue weighted by molar-refractivity contribution is -0.140. The molecule has 1 aromatic rings. The highest BCUT2D eigenvalue weighted by Gasteiger charge is 2.21. The third-order valence-electron chi connectivity index (χ3n) is 2.53. The number of carboxylic acid groups (broad SMARTS) is 1. The van der Waals surface area contributed by atoms with Gasteiger partial charge in [0.1, 0.15) is 11.9 Å². The summed E-state index contributed by atoms with van der Waals surface area (Å²) in [5, 5.41) is 19.7. The van der Waals surface area contributed by atoms with Crippen LogP contribution in [-0.2, 0) is 26.1 Å². The Morgan fingerprint density at radius 3 is 2.67 bits per heavy atom. The first kappa shape index (κ1) is 16.8. The maximum absolute atomic E-state index is 13.6. The molecular weight excluding hydrogens is 299 g/mol. The van der Waals surface area contributed by atoms with Crippen molar-refractivity contribution in [3.05, 3.63) is 35.1 Å². The summed E-state index contributed by atoms with van der Waals surface area (Å²) in [5.41, 5.74) is 0.267. The van der Waals surface area contributed by atoms with Crippen LogP contribution in [0.3, 0.4) is 0 Å². The van der Waals surface area contributed by atoms with Gasteiger partial charge < -0.3 is 10.4 Å². The minimum absolute atomic E-state index is 0.124. The Kier molecular flexibility index (Phi) is 5.99. The van der Waals surface area contributed by atoms with Crippen LogP contribution >= 0.6 is 0 Å². The maximum Gasteiger partial charge on any atom is 0.327 e. The van der Waals surface area contributed by atoms with Crippen molar-refractivity contribution in [1.29, 1.82) is 5.26 Å². The van der Waals surface area contributed by atoms with E-state index in [1.807, 2.05) is 0 Å². The second-order valence-electron chi connectivity index (χ2n) is 4.26. The van der Waals surface area contributed by atoms with Crippen molar-refractivity contribution in [3.8, 4) is 6.07 Å². The van der Waals surface area contributed by atoms with Gasteiger partial charge in [-0.05, 0) is 12.1 Å². The number of carboxylic acids is 1. The summed E-state index contributed by atoms with van der Waals surface area (Å²) in [4.78, 5) is 21.8. The number of nitrogens with one attached hydrogen (secondary N) is 1.